The van der Waals surface area contributed by atoms with Crippen LogP contribution >= 0.6 is 0 Å². The van der Waals surface area contributed by atoms with E-state index >= 15 is 0 Å². The normalized spacial score (nSPS) is 16.6. The molecule has 16 heavy (non-hydrogen) atoms. The minimum Gasteiger partial charge on any atom is -0.495 e. The van der Waals surface area contributed by atoms with Gasteiger partial charge < -0.3 is 15.0 Å². The molecule has 1 N–H and O–H groups in total. The van der Waals surface area contributed by atoms with Crippen LogP contribution in [0.15, 0.2) is 24.3 Å². The van der Waals surface area contributed by atoms with Gasteiger partial charge in [-0.1, -0.05) is 12.1 Å². The molecule has 1 amide bonds. The Kier molecular flexibility index (Phi) is 3.29. The molecule has 1 aliphatic heterocycles. The van der Waals surface area contributed by atoms with Crippen molar-refractivity contribution >= 4 is 11.6 Å². The number of benzene rings is 1. The maximum Gasteiger partial charge on any atom is 0.239 e. The largest absolute Gasteiger partial charge is 0.495 e. The van der Waals surface area contributed by atoms with Crippen LogP contribution in [0.1, 0.15) is 6.42 Å². The number of carbonyl (C=O) groups is 1. The van der Waals surface area contributed by atoms with Crippen LogP contribution in [0.5, 0.6) is 5.75 Å². The van der Waals surface area contributed by atoms with Crippen LogP contribution in [0.25, 0.3) is 0 Å². The van der Waals surface area contributed by atoms with Gasteiger partial charge in [0.25, 0.3) is 0 Å². The van der Waals surface area contributed by atoms with E-state index in [0.717, 1.165) is 30.9 Å². The van der Waals surface area contributed by atoms with Gasteiger partial charge in [-0.15, -0.1) is 0 Å². The van der Waals surface area contributed by atoms with Crippen LogP contribution in [0.2, 0.25) is 0 Å². The molecule has 0 aliphatic carbocycles. The predicted octanol–water partition coefficient (Wildman–Crippen LogP) is 1.02. The molecule has 0 radical (unpaired) electrons. The first-order valence-electron chi connectivity index (χ1n) is 5.46. The van der Waals surface area contributed by atoms with Crippen molar-refractivity contribution in [1.29, 1.82) is 0 Å². The summed E-state index contributed by atoms with van der Waals surface area (Å²) in [7, 11) is 1.65. The number of carbonyl (C=O) groups excluding carboxylic acids is 1. The van der Waals surface area contributed by atoms with Gasteiger partial charge >= 0.3 is 0 Å². The van der Waals surface area contributed by atoms with Gasteiger partial charge in [0.15, 0.2) is 0 Å². The number of hydrogen-bond acceptors (Lipinski definition) is 3. The molecule has 0 unspecified atom stereocenters. The summed E-state index contributed by atoms with van der Waals surface area (Å²) in [6, 6.07) is 7.79. The summed E-state index contributed by atoms with van der Waals surface area (Å²) in [5, 5.41) is 2.86. The van der Waals surface area contributed by atoms with Crippen molar-refractivity contribution in [2.75, 3.05) is 31.6 Å². The van der Waals surface area contributed by atoms with Gasteiger partial charge in [-0.2, -0.15) is 0 Å². The minimum atomic E-state index is 0.0726. The summed E-state index contributed by atoms with van der Waals surface area (Å²) < 4.78 is 5.30. The van der Waals surface area contributed by atoms with Crippen LogP contribution < -0.4 is 15.0 Å². The van der Waals surface area contributed by atoms with E-state index in [9.17, 15) is 4.79 Å². The monoisotopic (exact) mass is 220 g/mol. The van der Waals surface area contributed by atoms with Crippen molar-refractivity contribution < 1.29 is 9.53 Å². The first-order valence-corrected chi connectivity index (χ1v) is 5.46. The summed E-state index contributed by atoms with van der Waals surface area (Å²) in [6.45, 7) is 2.03. The van der Waals surface area contributed by atoms with E-state index in [0.29, 0.717) is 6.54 Å². The van der Waals surface area contributed by atoms with Crippen molar-refractivity contribution in [1.82, 2.24) is 5.32 Å². The molecule has 1 aliphatic rings. The Labute approximate surface area is 95.2 Å². The van der Waals surface area contributed by atoms with Crippen molar-refractivity contribution in [3.05, 3.63) is 24.3 Å². The highest BCUT2D eigenvalue weighted by atomic mass is 16.5. The molecular formula is C12H16N2O2. The molecule has 0 aromatic heterocycles. The molecule has 1 aromatic rings. The highest BCUT2D eigenvalue weighted by Crippen LogP contribution is 2.27. The lowest BCUT2D eigenvalue weighted by Gasteiger charge is -2.23. The third-order valence-corrected chi connectivity index (χ3v) is 2.69. The van der Waals surface area contributed by atoms with E-state index in [1.54, 1.807) is 7.11 Å². The number of amides is 1. The SMILES string of the molecule is COc1ccccc1N1CCCNC(=O)C1. The maximum absolute atomic E-state index is 11.5. The molecule has 1 fully saturated rings. The number of methoxy groups -OCH3 is 1. The topological polar surface area (TPSA) is 41.6 Å². The Balaban J connectivity index is 2.24. The smallest absolute Gasteiger partial charge is 0.239 e. The Morgan fingerprint density at radius 1 is 1.38 bits per heavy atom. The summed E-state index contributed by atoms with van der Waals surface area (Å²) in [5.41, 5.74) is 0.988. The summed E-state index contributed by atoms with van der Waals surface area (Å²) in [5.74, 6) is 0.889. The van der Waals surface area contributed by atoms with E-state index in [4.69, 9.17) is 4.74 Å². The zero-order chi connectivity index (χ0) is 11.4. The zero-order valence-electron chi connectivity index (χ0n) is 9.40. The second kappa shape index (κ2) is 4.88. The number of anilines is 1. The van der Waals surface area contributed by atoms with E-state index < -0.39 is 0 Å². The second-order valence-electron chi connectivity index (χ2n) is 3.80. The average molecular weight is 220 g/mol. The van der Waals surface area contributed by atoms with Gasteiger partial charge in [0.1, 0.15) is 5.75 Å². The Morgan fingerprint density at radius 3 is 3.00 bits per heavy atom. The van der Waals surface area contributed by atoms with Crippen LogP contribution in [-0.4, -0.2) is 32.7 Å². The number of nitrogens with one attached hydrogen (secondary N) is 1. The Morgan fingerprint density at radius 2 is 2.19 bits per heavy atom. The van der Waals surface area contributed by atoms with Crippen molar-refractivity contribution in [2.45, 2.75) is 6.42 Å². The van der Waals surface area contributed by atoms with Gasteiger partial charge in [0.05, 0.1) is 19.3 Å². The minimum absolute atomic E-state index is 0.0726. The second-order valence-corrected chi connectivity index (χ2v) is 3.80. The Hall–Kier alpha value is -1.71. The lowest BCUT2D eigenvalue weighted by Crippen LogP contribution is -2.33. The molecular weight excluding hydrogens is 204 g/mol. The lowest BCUT2D eigenvalue weighted by molar-refractivity contribution is -0.119. The lowest BCUT2D eigenvalue weighted by atomic mass is 10.2. The highest BCUT2D eigenvalue weighted by molar-refractivity contribution is 5.82. The standard InChI is InChI=1S/C12H16N2O2/c1-16-11-6-3-2-5-10(11)14-8-4-7-13-12(15)9-14/h2-3,5-6H,4,7-9H2,1H3,(H,13,15). The van der Waals surface area contributed by atoms with Gasteiger partial charge in [0, 0.05) is 13.1 Å². The summed E-state index contributed by atoms with van der Waals surface area (Å²) in [4.78, 5) is 13.5. The molecule has 0 saturated carbocycles. The van der Waals surface area contributed by atoms with E-state index in [1.807, 2.05) is 24.3 Å². The van der Waals surface area contributed by atoms with Crippen LogP contribution in [0.3, 0.4) is 0 Å². The molecule has 1 heterocycles. The van der Waals surface area contributed by atoms with Crippen molar-refractivity contribution in [3.8, 4) is 5.75 Å². The quantitative estimate of drug-likeness (QED) is 0.809. The zero-order valence-corrected chi connectivity index (χ0v) is 9.40. The van der Waals surface area contributed by atoms with Crippen LogP contribution in [-0.2, 0) is 4.79 Å². The van der Waals surface area contributed by atoms with Gasteiger partial charge in [-0.3, -0.25) is 4.79 Å². The first-order chi connectivity index (χ1) is 7.81. The molecule has 4 nitrogen and oxygen atoms in total. The fourth-order valence-corrected chi connectivity index (χ4v) is 1.90. The van der Waals surface area contributed by atoms with Gasteiger partial charge in [-0.05, 0) is 18.6 Å². The number of rotatable bonds is 2. The summed E-state index contributed by atoms with van der Waals surface area (Å²) >= 11 is 0. The highest BCUT2D eigenvalue weighted by Gasteiger charge is 2.17. The molecule has 4 heteroatoms. The molecule has 0 spiro atoms. The predicted molar refractivity (Wildman–Crippen MR) is 62.8 cm³/mol. The first kappa shape index (κ1) is 10.8. The molecule has 1 saturated heterocycles. The molecule has 1 aromatic carbocycles. The fourth-order valence-electron chi connectivity index (χ4n) is 1.90. The number of nitrogens with zero attached hydrogens (tertiary/aromatic N) is 1. The van der Waals surface area contributed by atoms with Crippen LogP contribution in [0, 0.1) is 0 Å². The number of para-hydroxylation sites is 2. The Bertz CT molecular complexity index is 379. The summed E-state index contributed by atoms with van der Waals surface area (Å²) in [6.07, 6.45) is 0.962. The molecule has 86 valence electrons. The van der Waals surface area contributed by atoms with E-state index in [-0.39, 0.29) is 5.91 Å². The third-order valence-electron chi connectivity index (χ3n) is 2.69. The van der Waals surface area contributed by atoms with Crippen molar-refractivity contribution in [2.24, 2.45) is 0 Å². The van der Waals surface area contributed by atoms with Crippen molar-refractivity contribution in [3.63, 3.8) is 0 Å². The van der Waals surface area contributed by atoms with Crippen LogP contribution in [0.4, 0.5) is 5.69 Å². The third kappa shape index (κ3) is 2.27. The molecule has 2 rings (SSSR count). The van der Waals surface area contributed by atoms with E-state index in [2.05, 4.69) is 10.2 Å². The average Bonchev–Trinajstić information content (AvgIpc) is 2.54. The van der Waals surface area contributed by atoms with Gasteiger partial charge in [0.2, 0.25) is 5.91 Å². The van der Waals surface area contributed by atoms with Gasteiger partial charge in [-0.25, -0.2) is 0 Å². The fraction of sp³-hybridized carbons (Fsp3) is 0.417. The molecule has 0 atom stereocenters. The van der Waals surface area contributed by atoms with E-state index in [1.165, 1.54) is 0 Å². The number of ether oxygens (including phenoxy) is 1. The molecule has 0 bridgehead atoms. The number of hydrogen-bond donors (Lipinski definition) is 1. The maximum atomic E-state index is 11.5.